The lowest BCUT2D eigenvalue weighted by atomic mass is 10.0. The van der Waals surface area contributed by atoms with Gasteiger partial charge >= 0.3 is 5.97 Å². The molecule has 0 saturated carbocycles. The Hall–Kier alpha value is -4.50. The highest BCUT2D eigenvalue weighted by atomic mass is 19.2. The number of hydrogen-bond donors (Lipinski definition) is 3. The maximum absolute atomic E-state index is 14.2. The molecule has 0 aliphatic carbocycles. The van der Waals surface area contributed by atoms with Crippen molar-refractivity contribution in [1.29, 1.82) is 0 Å². The van der Waals surface area contributed by atoms with Gasteiger partial charge in [-0.1, -0.05) is 0 Å². The Kier molecular flexibility index (Phi) is 7.22. The normalized spacial score (nSPS) is 10.9. The van der Waals surface area contributed by atoms with Crippen LogP contribution in [0.3, 0.4) is 0 Å². The van der Waals surface area contributed by atoms with Crippen LogP contribution in [0, 0.1) is 58.2 Å². The number of carbonyl (C=O) groups excluding carboxylic acids is 2. The van der Waals surface area contributed by atoms with E-state index in [1.54, 1.807) is 10.6 Å². The quantitative estimate of drug-likeness (QED) is 0.167. The maximum atomic E-state index is 14.2. The van der Waals surface area contributed by atoms with Crippen molar-refractivity contribution in [3.8, 4) is 0 Å². The first-order valence-electron chi connectivity index (χ1n) is 9.35. The molecule has 3 aromatic carbocycles. The van der Waals surface area contributed by atoms with Gasteiger partial charge in [0.15, 0.2) is 46.5 Å². The number of methoxy groups -OCH3 is 1. The molecule has 0 radical (unpaired) electrons. The minimum Gasteiger partial charge on any atom is -0.465 e. The minimum absolute atomic E-state index is 0.459. The first kappa shape index (κ1) is 27.1. The van der Waals surface area contributed by atoms with Gasteiger partial charge in [0.25, 0.3) is 0 Å². The molecule has 0 heterocycles. The molecular weight excluding hydrogens is 532 g/mol. The number of ether oxygens (including phenoxy) is 1. The molecule has 0 aliphatic heterocycles. The van der Waals surface area contributed by atoms with Crippen LogP contribution in [0.15, 0.2) is 12.1 Å². The van der Waals surface area contributed by atoms with Crippen LogP contribution in [0.2, 0.25) is 0 Å². The van der Waals surface area contributed by atoms with E-state index in [1.165, 1.54) is 0 Å². The van der Waals surface area contributed by atoms with Crippen LogP contribution in [0.25, 0.3) is 0 Å². The van der Waals surface area contributed by atoms with E-state index in [-0.39, 0.29) is 0 Å². The van der Waals surface area contributed by atoms with Gasteiger partial charge in [0.2, 0.25) is 17.5 Å². The summed E-state index contributed by atoms with van der Waals surface area (Å²) in [4.78, 5) is 23.9. The predicted molar refractivity (Wildman–Crippen MR) is 105 cm³/mol. The summed E-state index contributed by atoms with van der Waals surface area (Å²) >= 11 is 0. The number of rotatable bonds is 6. The number of anilines is 4. The summed E-state index contributed by atoms with van der Waals surface area (Å²) in [5.74, 6) is -27.2. The lowest BCUT2D eigenvalue weighted by molar-refractivity contribution is 0.0597. The number of benzene rings is 3. The number of primary amides is 1. The van der Waals surface area contributed by atoms with Crippen molar-refractivity contribution in [2.75, 3.05) is 17.7 Å². The molecule has 1 amide bonds. The largest absolute Gasteiger partial charge is 0.465 e. The first-order chi connectivity index (χ1) is 17.2. The second-order valence-corrected chi connectivity index (χ2v) is 6.94. The van der Waals surface area contributed by atoms with Gasteiger partial charge in [0.1, 0.15) is 11.4 Å². The summed E-state index contributed by atoms with van der Waals surface area (Å²) in [6, 6.07) is 0.930. The van der Waals surface area contributed by atoms with E-state index in [1.807, 2.05) is 0 Å². The van der Waals surface area contributed by atoms with Gasteiger partial charge in [-0.15, -0.1) is 0 Å². The summed E-state index contributed by atoms with van der Waals surface area (Å²) in [6.45, 7) is 0. The monoisotopic (exact) mass is 541 g/mol. The van der Waals surface area contributed by atoms with E-state index >= 15 is 0 Å². The Bertz CT molecular complexity index is 1420. The lowest BCUT2D eigenvalue weighted by Crippen LogP contribution is -2.19. The van der Waals surface area contributed by atoms with Gasteiger partial charge < -0.3 is 21.1 Å². The SMILES string of the molecule is COC(=O)c1cc(Nc2c(F)c(F)c(F)c(F)c2F)c(Nc2c(F)c(F)c(F)c(F)c2F)cc1C(N)=O. The number of hydrogen-bond acceptors (Lipinski definition) is 5. The van der Waals surface area contributed by atoms with E-state index in [2.05, 4.69) is 4.74 Å². The molecule has 0 aromatic heterocycles. The first-order valence-corrected chi connectivity index (χ1v) is 9.35. The summed E-state index contributed by atoms with van der Waals surface area (Å²) in [5, 5.41) is 3.35. The number of esters is 1. The molecule has 3 rings (SSSR count). The fraction of sp³-hybridized carbons (Fsp3) is 0.0476. The molecule has 0 spiro atoms. The van der Waals surface area contributed by atoms with Crippen molar-refractivity contribution in [3.63, 3.8) is 0 Å². The number of nitrogens with one attached hydrogen (secondary N) is 2. The third-order valence-corrected chi connectivity index (χ3v) is 4.77. The third kappa shape index (κ3) is 4.56. The Morgan fingerprint density at radius 3 is 1.19 bits per heavy atom. The summed E-state index contributed by atoms with van der Waals surface area (Å²) in [6.07, 6.45) is 0. The fourth-order valence-corrected chi connectivity index (χ4v) is 2.99. The van der Waals surface area contributed by atoms with Crippen LogP contribution in [0.5, 0.6) is 0 Å². The van der Waals surface area contributed by atoms with E-state index in [4.69, 9.17) is 5.73 Å². The van der Waals surface area contributed by atoms with Crippen molar-refractivity contribution in [2.24, 2.45) is 5.73 Å². The molecule has 196 valence electrons. The summed E-state index contributed by atoms with van der Waals surface area (Å²) < 4.78 is 143. The number of amides is 1. The molecule has 0 fully saturated rings. The van der Waals surface area contributed by atoms with Crippen LogP contribution in [0.1, 0.15) is 20.7 Å². The van der Waals surface area contributed by atoms with E-state index in [0.29, 0.717) is 12.1 Å². The lowest BCUT2D eigenvalue weighted by Gasteiger charge is -2.19. The zero-order valence-corrected chi connectivity index (χ0v) is 17.7. The molecular formula is C21H9F10N3O3. The zero-order valence-electron chi connectivity index (χ0n) is 17.7. The average Bonchev–Trinajstić information content (AvgIpc) is 2.88. The van der Waals surface area contributed by atoms with Crippen molar-refractivity contribution >= 4 is 34.6 Å². The Morgan fingerprint density at radius 1 is 0.595 bits per heavy atom. The van der Waals surface area contributed by atoms with Gasteiger partial charge in [-0.05, 0) is 12.1 Å². The van der Waals surface area contributed by atoms with Gasteiger partial charge in [-0.3, -0.25) is 4.79 Å². The van der Waals surface area contributed by atoms with Crippen LogP contribution < -0.4 is 16.4 Å². The highest BCUT2D eigenvalue weighted by Gasteiger charge is 2.30. The third-order valence-electron chi connectivity index (χ3n) is 4.77. The van der Waals surface area contributed by atoms with Gasteiger partial charge in [-0.25, -0.2) is 48.7 Å². The van der Waals surface area contributed by atoms with E-state index in [0.717, 1.165) is 7.11 Å². The van der Waals surface area contributed by atoms with Crippen molar-refractivity contribution in [3.05, 3.63) is 81.4 Å². The average molecular weight is 541 g/mol. The second kappa shape index (κ2) is 9.87. The fourth-order valence-electron chi connectivity index (χ4n) is 2.99. The van der Waals surface area contributed by atoms with Crippen LogP contribution >= 0.6 is 0 Å². The number of carbonyl (C=O) groups is 2. The molecule has 37 heavy (non-hydrogen) atoms. The number of nitrogens with two attached hydrogens (primary N) is 1. The van der Waals surface area contributed by atoms with E-state index < -0.39 is 104 Å². The van der Waals surface area contributed by atoms with Gasteiger partial charge in [0, 0.05) is 0 Å². The Morgan fingerprint density at radius 2 is 0.892 bits per heavy atom. The van der Waals surface area contributed by atoms with Crippen molar-refractivity contribution in [1.82, 2.24) is 0 Å². The smallest absolute Gasteiger partial charge is 0.338 e. The molecule has 16 heteroatoms. The highest BCUT2D eigenvalue weighted by molar-refractivity contribution is 6.07. The molecule has 0 saturated heterocycles. The molecule has 0 unspecified atom stereocenters. The molecule has 0 atom stereocenters. The van der Waals surface area contributed by atoms with Crippen molar-refractivity contribution in [2.45, 2.75) is 0 Å². The Balaban J connectivity index is 2.34. The summed E-state index contributed by atoms with van der Waals surface area (Å²) in [5.41, 5.74) is -1.89. The standard InChI is InChI=1S/C21H9F10N3O3/c1-37-21(36)5-3-7(34-19-16(30)12(26)9(23)13(27)17(19)31)6(2-4(5)20(32)35)33-18-14(28)10(24)8(22)11(25)15(18)29/h2-3,33-34H,1H3,(H2,32,35). The molecule has 4 N–H and O–H groups in total. The van der Waals surface area contributed by atoms with Crippen molar-refractivity contribution < 1.29 is 58.2 Å². The highest BCUT2D eigenvalue weighted by Crippen LogP contribution is 2.37. The summed E-state index contributed by atoms with van der Waals surface area (Å²) in [7, 11) is 0.811. The minimum atomic E-state index is -2.54. The van der Waals surface area contributed by atoms with Crippen LogP contribution in [-0.4, -0.2) is 19.0 Å². The second-order valence-electron chi connectivity index (χ2n) is 6.94. The van der Waals surface area contributed by atoms with E-state index in [9.17, 15) is 53.5 Å². The maximum Gasteiger partial charge on any atom is 0.338 e. The Labute approximate surface area is 198 Å². The molecule has 0 aliphatic rings. The predicted octanol–water partition coefficient (Wildman–Crippen LogP) is 5.45. The molecule has 3 aromatic rings. The zero-order chi connectivity index (χ0) is 27.9. The topological polar surface area (TPSA) is 93.4 Å². The molecule has 0 bridgehead atoms. The number of halogens is 10. The van der Waals surface area contributed by atoms with Crippen LogP contribution in [-0.2, 0) is 4.74 Å². The van der Waals surface area contributed by atoms with Crippen LogP contribution in [0.4, 0.5) is 66.7 Å². The van der Waals surface area contributed by atoms with Gasteiger partial charge in [0.05, 0.1) is 29.6 Å². The van der Waals surface area contributed by atoms with Gasteiger partial charge in [-0.2, -0.15) is 0 Å². The molecule has 6 nitrogen and oxygen atoms in total.